The summed E-state index contributed by atoms with van der Waals surface area (Å²) in [5.41, 5.74) is 2.08. The maximum atomic E-state index is 11.2. The molecule has 1 aromatic carbocycles. The molecule has 0 bridgehead atoms. The Balaban J connectivity index is 2.02. The number of nitrogens with one attached hydrogen (secondary N) is 1. The largest absolute Gasteiger partial charge is 0.484 e. The minimum Gasteiger partial charge on any atom is -0.484 e. The topological polar surface area (TPSA) is 90.4 Å². The predicted octanol–water partition coefficient (Wildman–Crippen LogP) is 2.38. The highest BCUT2D eigenvalue weighted by Gasteiger charge is 2.12. The van der Waals surface area contributed by atoms with Crippen LogP contribution in [0.4, 0.5) is 0 Å². The van der Waals surface area contributed by atoms with E-state index in [4.69, 9.17) is 15.1 Å². The fourth-order valence-corrected chi connectivity index (χ4v) is 2.46. The number of halogens is 2. The van der Waals surface area contributed by atoms with Crippen LogP contribution in [0.15, 0.2) is 37.7 Å². The monoisotopic (exact) mass is 389 g/mol. The maximum absolute atomic E-state index is 11.2. The maximum Gasteiger partial charge on any atom is 0.287 e. The Bertz CT molecular complexity index is 601. The number of carbonyl (C=O) groups is 1. The van der Waals surface area contributed by atoms with Gasteiger partial charge in [-0.25, -0.2) is 5.84 Å². The minimum atomic E-state index is -0.514. The van der Waals surface area contributed by atoms with Crippen molar-refractivity contribution >= 4 is 37.8 Å². The summed E-state index contributed by atoms with van der Waals surface area (Å²) in [5.74, 6) is 5.56. The molecule has 0 unspecified atom stereocenters. The van der Waals surface area contributed by atoms with Crippen molar-refractivity contribution in [3.05, 3.63) is 44.7 Å². The van der Waals surface area contributed by atoms with E-state index in [2.05, 4.69) is 37.0 Å². The van der Waals surface area contributed by atoms with Crippen molar-refractivity contribution in [3.63, 3.8) is 0 Å². The first-order chi connectivity index (χ1) is 9.10. The van der Waals surface area contributed by atoms with Crippen LogP contribution in [0.2, 0.25) is 0 Å². The molecule has 0 saturated carbocycles. The molecule has 0 radical (unpaired) electrons. The normalized spacial score (nSPS) is 10.3. The van der Waals surface area contributed by atoms with Crippen molar-refractivity contribution in [2.45, 2.75) is 6.61 Å². The lowest BCUT2D eigenvalue weighted by Gasteiger charge is -2.06. The third kappa shape index (κ3) is 3.55. The van der Waals surface area contributed by atoms with E-state index in [0.29, 0.717) is 11.5 Å². The molecule has 2 rings (SSSR count). The van der Waals surface area contributed by atoms with Gasteiger partial charge in [0.15, 0.2) is 11.5 Å². The lowest BCUT2D eigenvalue weighted by molar-refractivity contribution is 0.0944. The highest BCUT2D eigenvalue weighted by Crippen LogP contribution is 2.28. The van der Waals surface area contributed by atoms with Gasteiger partial charge in [0.05, 0.1) is 4.47 Å². The van der Waals surface area contributed by atoms with Crippen molar-refractivity contribution in [3.8, 4) is 5.75 Å². The average molecular weight is 391 g/mol. The van der Waals surface area contributed by atoms with E-state index in [1.807, 2.05) is 17.6 Å². The SMILES string of the molecule is NNC(=O)c1cc(COc2ccc(Br)cc2Br)on1. The highest BCUT2D eigenvalue weighted by atomic mass is 79.9. The Labute approximate surface area is 125 Å². The molecule has 0 aliphatic heterocycles. The second kappa shape index (κ2) is 6.18. The summed E-state index contributed by atoms with van der Waals surface area (Å²) in [6, 6.07) is 6.99. The number of hydrogen-bond donors (Lipinski definition) is 2. The minimum absolute atomic E-state index is 0.107. The molecule has 6 nitrogen and oxygen atoms in total. The number of rotatable bonds is 4. The van der Waals surface area contributed by atoms with Crippen LogP contribution in [-0.4, -0.2) is 11.1 Å². The predicted molar refractivity (Wildman–Crippen MR) is 74.3 cm³/mol. The van der Waals surface area contributed by atoms with Gasteiger partial charge in [0.25, 0.3) is 5.91 Å². The van der Waals surface area contributed by atoms with Crippen LogP contribution in [-0.2, 0) is 6.61 Å². The number of hydrogen-bond acceptors (Lipinski definition) is 5. The molecule has 2 aromatic rings. The zero-order chi connectivity index (χ0) is 13.8. The molecule has 100 valence electrons. The van der Waals surface area contributed by atoms with Crippen molar-refractivity contribution in [1.29, 1.82) is 0 Å². The fourth-order valence-electron chi connectivity index (χ4n) is 1.30. The van der Waals surface area contributed by atoms with E-state index < -0.39 is 5.91 Å². The summed E-state index contributed by atoms with van der Waals surface area (Å²) in [5, 5.41) is 3.57. The van der Waals surface area contributed by atoms with E-state index in [-0.39, 0.29) is 12.3 Å². The first-order valence-electron chi connectivity index (χ1n) is 5.14. The van der Waals surface area contributed by atoms with Crippen LogP contribution in [0, 0.1) is 0 Å². The number of ether oxygens (including phenoxy) is 1. The van der Waals surface area contributed by atoms with Crippen molar-refractivity contribution < 1.29 is 14.1 Å². The van der Waals surface area contributed by atoms with Gasteiger partial charge in [0.2, 0.25) is 0 Å². The molecule has 0 fully saturated rings. The second-order valence-corrected chi connectivity index (χ2v) is 5.29. The third-order valence-electron chi connectivity index (χ3n) is 2.19. The Morgan fingerprint density at radius 1 is 1.42 bits per heavy atom. The first-order valence-corrected chi connectivity index (χ1v) is 6.73. The van der Waals surface area contributed by atoms with E-state index in [0.717, 1.165) is 8.95 Å². The van der Waals surface area contributed by atoms with E-state index in [9.17, 15) is 4.79 Å². The van der Waals surface area contributed by atoms with Gasteiger partial charge in [-0.1, -0.05) is 21.1 Å². The summed E-state index contributed by atoms with van der Waals surface area (Å²) in [4.78, 5) is 11.2. The van der Waals surface area contributed by atoms with Gasteiger partial charge in [-0.05, 0) is 34.1 Å². The molecule has 0 aliphatic carbocycles. The molecule has 0 spiro atoms. The number of amides is 1. The van der Waals surface area contributed by atoms with E-state index >= 15 is 0 Å². The quantitative estimate of drug-likeness (QED) is 0.475. The lowest BCUT2D eigenvalue weighted by atomic mass is 10.3. The molecule has 1 amide bonds. The van der Waals surface area contributed by atoms with Gasteiger partial charge in [-0.3, -0.25) is 10.2 Å². The summed E-state index contributed by atoms with van der Waals surface area (Å²) >= 11 is 6.73. The molecule has 0 atom stereocenters. The summed E-state index contributed by atoms with van der Waals surface area (Å²) in [7, 11) is 0. The number of carbonyl (C=O) groups excluding carboxylic acids is 1. The number of hydrazine groups is 1. The van der Waals surface area contributed by atoms with Crippen LogP contribution in [0.25, 0.3) is 0 Å². The number of benzene rings is 1. The zero-order valence-electron chi connectivity index (χ0n) is 9.52. The van der Waals surface area contributed by atoms with Crippen LogP contribution in [0.5, 0.6) is 5.75 Å². The van der Waals surface area contributed by atoms with Gasteiger partial charge in [-0.15, -0.1) is 0 Å². The average Bonchev–Trinajstić information content (AvgIpc) is 2.85. The Kier molecular flexibility index (Phi) is 4.56. The fraction of sp³-hybridized carbons (Fsp3) is 0.0909. The molecular weight excluding hydrogens is 382 g/mol. The standard InChI is InChI=1S/C11H9Br2N3O3/c12-6-1-2-10(8(13)3-6)18-5-7-4-9(16-19-7)11(17)15-14/h1-4H,5,14H2,(H,15,17). The molecule has 3 N–H and O–H groups in total. The van der Waals surface area contributed by atoms with Crippen LogP contribution < -0.4 is 16.0 Å². The summed E-state index contributed by atoms with van der Waals surface area (Å²) in [6.45, 7) is 0.158. The van der Waals surface area contributed by atoms with E-state index in [1.165, 1.54) is 6.07 Å². The van der Waals surface area contributed by atoms with Gasteiger partial charge < -0.3 is 9.26 Å². The Hall–Kier alpha value is -1.38. The molecule has 8 heteroatoms. The highest BCUT2D eigenvalue weighted by molar-refractivity contribution is 9.11. The molecule has 1 heterocycles. The summed E-state index contributed by atoms with van der Waals surface area (Å²) in [6.07, 6.45) is 0. The van der Waals surface area contributed by atoms with Gasteiger partial charge in [0.1, 0.15) is 12.4 Å². The number of nitrogens with zero attached hydrogens (tertiary/aromatic N) is 1. The smallest absolute Gasteiger partial charge is 0.287 e. The van der Waals surface area contributed by atoms with Gasteiger partial charge >= 0.3 is 0 Å². The Morgan fingerprint density at radius 2 is 2.21 bits per heavy atom. The van der Waals surface area contributed by atoms with Crippen LogP contribution in [0.3, 0.4) is 0 Å². The molecule has 0 saturated heterocycles. The van der Waals surface area contributed by atoms with Gasteiger partial charge in [-0.2, -0.15) is 0 Å². The Morgan fingerprint density at radius 3 is 2.89 bits per heavy atom. The third-order valence-corrected chi connectivity index (χ3v) is 3.30. The number of nitrogen functional groups attached to an aromatic ring is 1. The van der Waals surface area contributed by atoms with E-state index in [1.54, 1.807) is 6.07 Å². The van der Waals surface area contributed by atoms with Crippen molar-refractivity contribution in [2.75, 3.05) is 0 Å². The molecule has 0 aliphatic rings. The summed E-state index contributed by atoms with van der Waals surface area (Å²) < 4.78 is 12.2. The van der Waals surface area contributed by atoms with Crippen LogP contribution in [0.1, 0.15) is 16.2 Å². The zero-order valence-corrected chi connectivity index (χ0v) is 12.7. The first kappa shape index (κ1) is 14.0. The lowest BCUT2D eigenvalue weighted by Crippen LogP contribution is -2.30. The van der Waals surface area contributed by atoms with Crippen molar-refractivity contribution in [1.82, 2.24) is 10.6 Å². The van der Waals surface area contributed by atoms with Crippen LogP contribution >= 0.6 is 31.9 Å². The van der Waals surface area contributed by atoms with Gasteiger partial charge in [0, 0.05) is 10.5 Å². The molecule has 1 aromatic heterocycles. The second-order valence-electron chi connectivity index (χ2n) is 3.52. The number of aromatic nitrogens is 1. The molecule has 19 heavy (non-hydrogen) atoms. The number of nitrogens with two attached hydrogens (primary N) is 1. The molecular formula is C11H9Br2N3O3. The van der Waals surface area contributed by atoms with Crippen molar-refractivity contribution in [2.24, 2.45) is 5.84 Å².